The van der Waals surface area contributed by atoms with Crippen LogP contribution >= 0.6 is 11.8 Å². The minimum Gasteiger partial charge on any atom is -0.379 e. The zero-order valence-electron chi connectivity index (χ0n) is 14.5. The number of aromatic nitrogens is 2. The fraction of sp³-hybridized carbons (Fsp3) is 0.444. The highest BCUT2D eigenvalue weighted by atomic mass is 32.2. The molecule has 3 rings (SSSR count). The molecular formula is C18H24N4O2S. The van der Waals surface area contributed by atoms with Gasteiger partial charge in [0.15, 0.2) is 5.16 Å². The number of amides is 1. The summed E-state index contributed by atoms with van der Waals surface area (Å²) in [4.78, 5) is 18.8. The predicted molar refractivity (Wildman–Crippen MR) is 98.8 cm³/mol. The normalized spacial score (nSPS) is 15.2. The molecule has 134 valence electrons. The number of nitrogens with one attached hydrogen (secondary N) is 1. The van der Waals surface area contributed by atoms with E-state index in [2.05, 4.69) is 15.2 Å². The SMILES string of the molecule is Cn1ccnc1SCc1ccc(C(=O)NCCN2CCOCC2)cc1. The highest BCUT2D eigenvalue weighted by Gasteiger charge is 2.11. The number of benzene rings is 1. The van der Waals surface area contributed by atoms with Gasteiger partial charge in [-0.15, -0.1) is 0 Å². The molecule has 1 aliphatic rings. The van der Waals surface area contributed by atoms with Crippen molar-refractivity contribution in [2.45, 2.75) is 10.9 Å². The minimum absolute atomic E-state index is 0.0171. The van der Waals surface area contributed by atoms with Crippen LogP contribution in [0.2, 0.25) is 0 Å². The van der Waals surface area contributed by atoms with Crippen molar-refractivity contribution in [2.24, 2.45) is 7.05 Å². The summed E-state index contributed by atoms with van der Waals surface area (Å²) in [6.45, 7) is 4.98. The molecule has 0 aliphatic carbocycles. The third kappa shape index (κ3) is 5.32. The van der Waals surface area contributed by atoms with E-state index in [0.29, 0.717) is 12.1 Å². The third-order valence-corrected chi connectivity index (χ3v) is 5.31. The number of hydrogen-bond donors (Lipinski definition) is 1. The molecule has 6 nitrogen and oxygen atoms in total. The van der Waals surface area contributed by atoms with Crippen molar-refractivity contribution in [2.75, 3.05) is 39.4 Å². The van der Waals surface area contributed by atoms with E-state index in [1.165, 1.54) is 5.56 Å². The van der Waals surface area contributed by atoms with E-state index in [9.17, 15) is 4.79 Å². The zero-order valence-corrected chi connectivity index (χ0v) is 15.3. The summed E-state index contributed by atoms with van der Waals surface area (Å²) >= 11 is 1.69. The first kappa shape index (κ1) is 18.0. The number of carbonyl (C=O) groups is 1. The molecule has 0 radical (unpaired) electrons. The van der Waals surface area contributed by atoms with E-state index in [1.807, 2.05) is 42.1 Å². The van der Waals surface area contributed by atoms with Crippen LogP contribution in [-0.4, -0.2) is 59.8 Å². The predicted octanol–water partition coefficient (Wildman–Crippen LogP) is 1.77. The van der Waals surface area contributed by atoms with Gasteiger partial charge in [0.2, 0.25) is 0 Å². The number of thioether (sulfide) groups is 1. The van der Waals surface area contributed by atoms with E-state index >= 15 is 0 Å². The topological polar surface area (TPSA) is 59.4 Å². The quantitative estimate of drug-likeness (QED) is 0.763. The molecule has 1 aromatic heterocycles. The van der Waals surface area contributed by atoms with Gasteiger partial charge in [-0.25, -0.2) is 4.98 Å². The van der Waals surface area contributed by atoms with Crippen molar-refractivity contribution in [1.29, 1.82) is 0 Å². The Labute approximate surface area is 152 Å². The molecule has 1 amide bonds. The number of morpholine rings is 1. The van der Waals surface area contributed by atoms with Gasteiger partial charge in [0, 0.05) is 56.9 Å². The van der Waals surface area contributed by atoms with Crippen LogP contribution in [0.25, 0.3) is 0 Å². The highest BCUT2D eigenvalue weighted by molar-refractivity contribution is 7.98. The van der Waals surface area contributed by atoms with Crippen molar-refractivity contribution in [1.82, 2.24) is 19.8 Å². The van der Waals surface area contributed by atoms with Crippen LogP contribution < -0.4 is 5.32 Å². The van der Waals surface area contributed by atoms with Crippen LogP contribution in [0.3, 0.4) is 0 Å². The standard InChI is InChI=1S/C18H24N4O2S/c1-21-8-6-20-18(21)25-14-15-2-4-16(5-3-15)17(23)19-7-9-22-10-12-24-13-11-22/h2-6,8H,7,9-14H2,1H3,(H,19,23). The molecule has 0 spiro atoms. The van der Waals surface area contributed by atoms with Crippen LogP contribution in [0, 0.1) is 0 Å². The number of rotatable bonds is 7. The number of ether oxygens (including phenoxy) is 1. The lowest BCUT2D eigenvalue weighted by atomic mass is 10.1. The number of aryl methyl sites for hydroxylation is 1. The second-order valence-electron chi connectivity index (χ2n) is 6.02. The Bertz CT molecular complexity index is 681. The molecule has 25 heavy (non-hydrogen) atoms. The second-order valence-corrected chi connectivity index (χ2v) is 6.96. The number of carbonyl (C=O) groups excluding carboxylic acids is 1. The highest BCUT2D eigenvalue weighted by Crippen LogP contribution is 2.20. The molecule has 0 bridgehead atoms. The minimum atomic E-state index is -0.0171. The molecule has 1 fully saturated rings. The Kier molecular flexibility index (Phi) is 6.49. The van der Waals surface area contributed by atoms with E-state index in [1.54, 1.807) is 18.0 Å². The fourth-order valence-electron chi connectivity index (χ4n) is 2.65. The first-order valence-electron chi connectivity index (χ1n) is 8.50. The van der Waals surface area contributed by atoms with E-state index in [4.69, 9.17) is 4.74 Å². The molecule has 2 heterocycles. The summed E-state index contributed by atoms with van der Waals surface area (Å²) in [6.07, 6.45) is 3.74. The maximum atomic E-state index is 12.2. The smallest absolute Gasteiger partial charge is 0.251 e. The molecular weight excluding hydrogens is 336 g/mol. The third-order valence-electron chi connectivity index (χ3n) is 4.18. The largest absolute Gasteiger partial charge is 0.379 e. The molecule has 1 aliphatic heterocycles. The van der Waals surface area contributed by atoms with Crippen LogP contribution in [0.5, 0.6) is 0 Å². The molecule has 0 atom stereocenters. The first-order valence-corrected chi connectivity index (χ1v) is 9.48. The van der Waals surface area contributed by atoms with Crippen molar-refractivity contribution < 1.29 is 9.53 Å². The lowest BCUT2D eigenvalue weighted by Crippen LogP contribution is -2.41. The Morgan fingerprint density at radius 2 is 2.04 bits per heavy atom. The van der Waals surface area contributed by atoms with Crippen molar-refractivity contribution in [3.8, 4) is 0 Å². The molecule has 0 unspecified atom stereocenters. The lowest BCUT2D eigenvalue weighted by molar-refractivity contribution is 0.0383. The number of nitrogens with zero attached hydrogens (tertiary/aromatic N) is 3. The van der Waals surface area contributed by atoms with Gasteiger partial charge in [-0.3, -0.25) is 9.69 Å². The van der Waals surface area contributed by atoms with Crippen molar-refractivity contribution in [3.05, 3.63) is 47.8 Å². The molecule has 2 aromatic rings. The summed E-state index contributed by atoms with van der Waals surface area (Å²) in [5.74, 6) is 0.820. The molecule has 1 N–H and O–H groups in total. The monoisotopic (exact) mass is 360 g/mol. The molecule has 0 saturated carbocycles. The molecule has 7 heteroatoms. The maximum Gasteiger partial charge on any atom is 0.251 e. The van der Waals surface area contributed by atoms with Gasteiger partial charge >= 0.3 is 0 Å². The summed E-state index contributed by atoms with van der Waals surface area (Å²) in [7, 11) is 1.99. The van der Waals surface area contributed by atoms with Crippen LogP contribution in [-0.2, 0) is 17.5 Å². The maximum absolute atomic E-state index is 12.2. The van der Waals surface area contributed by atoms with Gasteiger partial charge in [0.25, 0.3) is 5.91 Å². The van der Waals surface area contributed by atoms with Gasteiger partial charge in [0.05, 0.1) is 13.2 Å². The molecule has 1 saturated heterocycles. The van der Waals surface area contributed by atoms with E-state index < -0.39 is 0 Å². The molecule has 1 aromatic carbocycles. The van der Waals surface area contributed by atoms with Gasteiger partial charge in [0.1, 0.15) is 0 Å². The summed E-state index contributed by atoms with van der Waals surface area (Å²) in [6, 6.07) is 7.79. The number of imidazole rings is 1. The van der Waals surface area contributed by atoms with Gasteiger partial charge in [-0.05, 0) is 17.7 Å². The fourth-order valence-corrected chi connectivity index (χ4v) is 3.53. The second kappa shape index (κ2) is 9.03. The Morgan fingerprint density at radius 1 is 1.28 bits per heavy atom. The van der Waals surface area contributed by atoms with Gasteiger partial charge < -0.3 is 14.6 Å². The van der Waals surface area contributed by atoms with Gasteiger partial charge in [-0.1, -0.05) is 23.9 Å². The van der Waals surface area contributed by atoms with Crippen LogP contribution in [0.1, 0.15) is 15.9 Å². The average molecular weight is 360 g/mol. The summed E-state index contributed by atoms with van der Waals surface area (Å²) in [5, 5.41) is 3.98. The average Bonchev–Trinajstić information content (AvgIpc) is 3.06. The zero-order chi connectivity index (χ0) is 17.5. The number of hydrogen-bond acceptors (Lipinski definition) is 5. The Hall–Kier alpha value is -1.83. The summed E-state index contributed by atoms with van der Waals surface area (Å²) < 4.78 is 7.32. The Morgan fingerprint density at radius 3 is 2.72 bits per heavy atom. The van der Waals surface area contributed by atoms with Crippen molar-refractivity contribution in [3.63, 3.8) is 0 Å². The lowest BCUT2D eigenvalue weighted by Gasteiger charge is -2.26. The van der Waals surface area contributed by atoms with Gasteiger partial charge in [-0.2, -0.15) is 0 Å². The Balaban J connectivity index is 1.43. The van der Waals surface area contributed by atoms with E-state index in [0.717, 1.165) is 43.8 Å². The summed E-state index contributed by atoms with van der Waals surface area (Å²) in [5.41, 5.74) is 1.88. The van der Waals surface area contributed by atoms with Crippen LogP contribution in [0.4, 0.5) is 0 Å². The van der Waals surface area contributed by atoms with Crippen LogP contribution in [0.15, 0.2) is 41.8 Å². The first-order chi connectivity index (χ1) is 12.2. The van der Waals surface area contributed by atoms with E-state index in [-0.39, 0.29) is 5.91 Å². The van der Waals surface area contributed by atoms with Crippen molar-refractivity contribution >= 4 is 17.7 Å².